The molecule has 4 rings (SSSR count). The van der Waals surface area contributed by atoms with Crippen LogP contribution in [0.3, 0.4) is 0 Å². The van der Waals surface area contributed by atoms with Crippen LogP contribution in [0.15, 0.2) is 52.1 Å². The van der Waals surface area contributed by atoms with Gasteiger partial charge in [0.15, 0.2) is 18.1 Å². The Labute approximate surface area is 171 Å². The van der Waals surface area contributed by atoms with Gasteiger partial charge in [-0.2, -0.15) is 0 Å². The van der Waals surface area contributed by atoms with E-state index >= 15 is 0 Å². The molecule has 0 bridgehead atoms. The summed E-state index contributed by atoms with van der Waals surface area (Å²) >= 11 is 1.32. The molecule has 0 radical (unpaired) electrons. The molecule has 0 atom stereocenters. The Morgan fingerprint density at radius 3 is 2.97 bits per heavy atom. The molecule has 1 aliphatic heterocycles. The number of thioether (sulfide) groups is 1. The van der Waals surface area contributed by atoms with Crippen molar-refractivity contribution in [3.05, 3.63) is 53.9 Å². The van der Waals surface area contributed by atoms with Crippen molar-refractivity contribution in [1.82, 2.24) is 10.2 Å². The average Bonchev–Trinajstić information content (AvgIpc) is 3.35. The van der Waals surface area contributed by atoms with Gasteiger partial charge in [0.2, 0.25) is 12.7 Å². The minimum Gasteiger partial charge on any atom is -0.484 e. The molecule has 1 N–H and O–H groups in total. The molecular formula is C20H19N3O5S. The van der Waals surface area contributed by atoms with E-state index in [1.54, 1.807) is 18.2 Å². The van der Waals surface area contributed by atoms with Crippen molar-refractivity contribution in [2.24, 2.45) is 0 Å². The predicted molar refractivity (Wildman–Crippen MR) is 106 cm³/mol. The van der Waals surface area contributed by atoms with Crippen molar-refractivity contribution in [1.29, 1.82) is 0 Å². The number of aryl methyl sites for hydroxylation is 1. The van der Waals surface area contributed by atoms with Crippen molar-refractivity contribution in [3.8, 4) is 17.2 Å². The summed E-state index contributed by atoms with van der Waals surface area (Å²) in [4.78, 5) is 12.1. The zero-order chi connectivity index (χ0) is 20.1. The van der Waals surface area contributed by atoms with Gasteiger partial charge >= 0.3 is 0 Å². The van der Waals surface area contributed by atoms with Crippen LogP contribution < -0.4 is 19.5 Å². The van der Waals surface area contributed by atoms with Crippen molar-refractivity contribution in [2.75, 3.05) is 17.9 Å². The molecule has 0 saturated heterocycles. The Morgan fingerprint density at radius 2 is 2.07 bits per heavy atom. The summed E-state index contributed by atoms with van der Waals surface area (Å²) in [6.45, 7) is 2.39. The molecule has 0 aliphatic carbocycles. The van der Waals surface area contributed by atoms with Crippen LogP contribution in [0.2, 0.25) is 0 Å². The van der Waals surface area contributed by atoms with Crippen LogP contribution in [0.5, 0.6) is 17.2 Å². The molecule has 0 spiro atoms. The molecule has 29 heavy (non-hydrogen) atoms. The molecule has 1 aliphatic rings. The van der Waals surface area contributed by atoms with Gasteiger partial charge in [-0.25, -0.2) is 0 Å². The highest BCUT2D eigenvalue weighted by molar-refractivity contribution is 7.99. The zero-order valence-electron chi connectivity index (χ0n) is 15.7. The molecule has 2 heterocycles. The number of amides is 1. The van der Waals surface area contributed by atoms with E-state index in [9.17, 15) is 4.79 Å². The molecule has 0 saturated carbocycles. The lowest BCUT2D eigenvalue weighted by Gasteiger charge is -2.05. The van der Waals surface area contributed by atoms with Crippen LogP contribution in [0, 0.1) is 6.92 Å². The first-order chi connectivity index (χ1) is 14.2. The van der Waals surface area contributed by atoms with Crippen LogP contribution in [-0.4, -0.2) is 28.7 Å². The minimum absolute atomic E-state index is 0.112. The monoisotopic (exact) mass is 413 g/mol. The van der Waals surface area contributed by atoms with Crippen molar-refractivity contribution in [2.45, 2.75) is 25.2 Å². The summed E-state index contributed by atoms with van der Waals surface area (Å²) in [6, 6.07) is 13.0. The van der Waals surface area contributed by atoms with Crippen LogP contribution in [-0.2, 0) is 11.4 Å². The zero-order valence-corrected chi connectivity index (χ0v) is 16.5. The largest absolute Gasteiger partial charge is 0.484 e. The molecule has 9 heteroatoms. The highest BCUT2D eigenvalue weighted by Gasteiger charge is 2.14. The Hall–Kier alpha value is -3.20. The van der Waals surface area contributed by atoms with Crippen molar-refractivity contribution in [3.63, 3.8) is 0 Å². The number of hydrogen-bond acceptors (Lipinski definition) is 8. The second kappa shape index (κ2) is 8.87. The topological polar surface area (TPSA) is 95.7 Å². The number of nitrogens with one attached hydrogen (secondary N) is 1. The summed E-state index contributed by atoms with van der Waals surface area (Å²) in [5, 5.41) is 11.2. The van der Waals surface area contributed by atoms with Gasteiger partial charge in [0, 0.05) is 23.9 Å². The maximum atomic E-state index is 12.1. The number of anilines is 1. The van der Waals surface area contributed by atoms with Gasteiger partial charge in [-0.15, -0.1) is 10.2 Å². The number of hydrogen-bond donors (Lipinski definition) is 1. The quantitative estimate of drug-likeness (QED) is 0.557. The standard InChI is InChI=1S/C20H19N3O5S/c1-13-3-2-4-15(9-13)25-11-19-22-23-20(28-19)29-8-7-18(24)21-14-5-6-16-17(10-14)27-12-26-16/h2-6,9-10H,7-8,11-12H2,1H3,(H,21,24). The molecule has 1 aromatic heterocycles. The van der Waals surface area contributed by atoms with Gasteiger partial charge < -0.3 is 23.9 Å². The third-order valence-corrected chi connectivity index (χ3v) is 4.83. The lowest BCUT2D eigenvalue weighted by Crippen LogP contribution is -2.12. The second-order valence-electron chi connectivity index (χ2n) is 6.28. The SMILES string of the molecule is Cc1cccc(OCc2nnc(SCCC(=O)Nc3ccc4c(c3)OCO4)o2)c1. The summed E-state index contributed by atoms with van der Waals surface area (Å²) in [5.74, 6) is 2.84. The first-order valence-corrected chi connectivity index (χ1v) is 9.98. The molecule has 0 unspecified atom stereocenters. The third kappa shape index (κ3) is 5.20. The lowest BCUT2D eigenvalue weighted by molar-refractivity contribution is -0.115. The van der Waals surface area contributed by atoms with Crippen molar-refractivity contribution < 1.29 is 23.4 Å². The van der Waals surface area contributed by atoms with E-state index in [2.05, 4.69) is 15.5 Å². The van der Waals surface area contributed by atoms with E-state index in [0.29, 0.717) is 40.5 Å². The van der Waals surface area contributed by atoms with E-state index in [1.165, 1.54) is 11.8 Å². The molecule has 2 aromatic carbocycles. The summed E-state index contributed by atoms with van der Waals surface area (Å²) in [5.41, 5.74) is 1.78. The molecular weight excluding hydrogens is 394 g/mol. The second-order valence-corrected chi connectivity index (χ2v) is 7.33. The van der Waals surface area contributed by atoms with Gasteiger partial charge in [-0.3, -0.25) is 4.79 Å². The van der Waals surface area contributed by atoms with E-state index in [-0.39, 0.29) is 19.3 Å². The number of aromatic nitrogens is 2. The average molecular weight is 413 g/mol. The number of rotatable bonds is 8. The maximum Gasteiger partial charge on any atom is 0.276 e. The Balaban J connectivity index is 1.20. The summed E-state index contributed by atoms with van der Waals surface area (Å²) < 4.78 is 21.7. The van der Waals surface area contributed by atoms with Gasteiger partial charge in [-0.05, 0) is 36.8 Å². The van der Waals surface area contributed by atoms with E-state index in [0.717, 1.165) is 11.3 Å². The van der Waals surface area contributed by atoms with Gasteiger partial charge in [0.1, 0.15) is 5.75 Å². The van der Waals surface area contributed by atoms with Crippen LogP contribution in [0.1, 0.15) is 17.9 Å². The number of benzene rings is 2. The van der Waals surface area contributed by atoms with E-state index < -0.39 is 0 Å². The normalized spacial score (nSPS) is 12.0. The number of fused-ring (bicyclic) bond motifs is 1. The fraction of sp³-hybridized carbons (Fsp3) is 0.250. The van der Waals surface area contributed by atoms with Gasteiger partial charge in [0.25, 0.3) is 11.1 Å². The van der Waals surface area contributed by atoms with E-state index in [1.807, 2.05) is 31.2 Å². The lowest BCUT2D eigenvalue weighted by atomic mass is 10.2. The highest BCUT2D eigenvalue weighted by Crippen LogP contribution is 2.34. The molecule has 0 fully saturated rings. The van der Waals surface area contributed by atoms with E-state index in [4.69, 9.17) is 18.6 Å². The number of nitrogens with zero attached hydrogens (tertiary/aromatic N) is 2. The van der Waals surface area contributed by atoms with Crippen molar-refractivity contribution >= 4 is 23.4 Å². The molecule has 3 aromatic rings. The fourth-order valence-corrected chi connectivity index (χ4v) is 3.35. The number of carbonyl (C=O) groups excluding carboxylic acids is 1. The fourth-order valence-electron chi connectivity index (χ4n) is 2.63. The first-order valence-electron chi connectivity index (χ1n) is 9.00. The highest BCUT2D eigenvalue weighted by atomic mass is 32.2. The third-order valence-electron chi connectivity index (χ3n) is 4.01. The maximum absolute atomic E-state index is 12.1. The van der Waals surface area contributed by atoms with Gasteiger partial charge in [0.05, 0.1) is 0 Å². The van der Waals surface area contributed by atoms with Crippen LogP contribution in [0.4, 0.5) is 5.69 Å². The Kier molecular flexibility index (Phi) is 5.85. The minimum atomic E-state index is -0.112. The number of carbonyl (C=O) groups is 1. The molecule has 150 valence electrons. The number of ether oxygens (including phenoxy) is 3. The molecule has 1 amide bonds. The smallest absolute Gasteiger partial charge is 0.276 e. The summed E-state index contributed by atoms with van der Waals surface area (Å²) in [7, 11) is 0. The summed E-state index contributed by atoms with van der Waals surface area (Å²) in [6.07, 6.45) is 0.302. The Bertz CT molecular complexity index is 1010. The predicted octanol–water partition coefficient (Wildman–Crippen LogP) is 3.81. The van der Waals surface area contributed by atoms with Gasteiger partial charge in [-0.1, -0.05) is 23.9 Å². The molecule has 8 nitrogen and oxygen atoms in total. The van der Waals surface area contributed by atoms with Crippen LogP contribution >= 0.6 is 11.8 Å². The van der Waals surface area contributed by atoms with Crippen LogP contribution in [0.25, 0.3) is 0 Å². The Morgan fingerprint density at radius 1 is 1.17 bits per heavy atom. The first kappa shape index (κ1) is 19.1.